The molecular formula is C10H6BrClN4. The van der Waals surface area contributed by atoms with Crippen molar-refractivity contribution in [2.24, 2.45) is 0 Å². The topological polar surface area (TPSA) is 54.5 Å². The lowest BCUT2D eigenvalue weighted by molar-refractivity contribution is 0.810. The van der Waals surface area contributed by atoms with Crippen LogP contribution in [0.25, 0.3) is 5.82 Å². The minimum Gasteiger partial charge on any atom is -0.234 e. The predicted molar refractivity (Wildman–Crippen MR) is 63.5 cm³/mol. The summed E-state index contributed by atoms with van der Waals surface area (Å²) in [6.45, 7) is 1.90. The van der Waals surface area contributed by atoms with Crippen LogP contribution in [-0.2, 0) is 0 Å². The third-order valence-corrected chi connectivity index (χ3v) is 2.67. The molecule has 0 radical (unpaired) electrons. The highest BCUT2D eigenvalue weighted by Crippen LogP contribution is 2.21. The van der Waals surface area contributed by atoms with Gasteiger partial charge in [-0.1, -0.05) is 11.6 Å². The van der Waals surface area contributed by atoms with Gasteiger partial charge in [-0.05, 0) is 35.0 Å². The zero-order valence-electron chi connectivity index (χ0n) is 8.28. The summed E-state index contributed by atoms with van der Waals surface area (Å²) in [4.78, 5) is 4.12. The molecule has 0 bridgehead atoms. The molecule has 0 aliphatic rings. The molecule has 6 heteroatoms. The summed E-state index contributed by atoms with van der Waals surface area (Å²) >= 11 is 9.31. The average molecular weight is 298 g/mol. The molecule has 2 aromatic rings. The SMILES string of the molecule is Cc1cc(Br)nn1-c1ncc(C#N)cc1Cl. The lowest BCUT2D eigenvalue weighted by atomic mass is 10.3. The quantitative estimate of drug-likeness (QED) is 0.813. The molecule has 0 saturated heterocycles. The number of nitriles is 1. The first-order valence-electron chi connectivity index (χ1n) is 4.40. The Bertz CT molecular complexity index is 585. The molecule has 0 saturated carbocycles. The molecular weight excluding hydrogens is 291 g/mol. The summed E-state index contributed by atoms with van der Waals surface area (Å²) in [5.74, 6) is 0.517. The maximum absolute atomic E-state index is 8.70. The molecule has 80 valence electrons. The third kappa shape index (κ3) is 1.94. The molecule has 2 aromatic heterocycles. The van der Waals surface area contributed by atoms with Gasteiger partial charge in [-0.25, -0.2) is 9.67 Å². The first-order valence-corrected chi connectivity index (χ1v) is 5.57. The first-order chi connectivity index (χ1) is 7.61. The number of aryl methyl sites for hydroxylation is 1. The Labute approximate surface area is 106 Å². The van der Waals surface area contributed by atoms with E-state index in [0.29, 0.717) is 21.0 Å². The van der Waals surface area contributed by atoms with Crippen molar-refractivity contribution in [2.45, 2.75) is 6.92 Å². The molecule has 16 heavy (non-hydrogen) atoms. The van der Waals surface area contributed by atoms with E-state index >= 15 is 0 Å². The zero-order valence-corrected chi connectivity index (χ0v) is 10.6. The predicted octanol–water partition coefficient (Wildman–Crippen LogP) is 2.86. The van der Waals surface area contributed by atoms with Crippen LogP contribution in [0, 0.1) is 18.3 Å². The van der Waals surface area contributed by atoms with Gasteiger partial charge in [0.1, 0.15) is 10.7 Å². The Morgan fingerprint density at radius 3 is 2.75 bits per heavy atom. The van der Waals surface area contributed by atoms with Gasteiger partial charge in [0.25, 0.3) is 0 Å². The Morgan fingerprint density at radius 2 is 2.25 bits per heavy atom. The monoisotopic (exact) mass is 296 g/mol. The highest BCUT2D eigenvalue weighted by molar-refractivity contribution is 9.10. The van der Waals surface area contributed by atoms with Crippen molar-refractivity contribution in [3.05, 3.63) is 39.2 Å². The smallest absolute Gasteiger partial charge is 0.172 e. The van der Waals surface area contributed by atoms with Crippen molar-refractivity contribution in [3.8, 4) is 11.9 Å². The van der Waals surface area contributed by atoms with Crippen LogP contribution in [0.5, 0.6) is 0 Å². The normalized spacial score (nSPS) is 10.1. The molecule has 0 aliphatic carbocycles. The average Bonchev–Trinajstić information content (AvgIpc) is 2.57. The minimum absolute atomic E-state index is 0.401. The van der Waals surface area contributed by atoms with E-state index in [2.05, 4.69) is 26.0 Å². The summed E-state index contributed by atoms with van der Waals surface area (Å²) in [6.07, 6.45) is 1.47. The summed E-state index contributed by atoms with van der Waals surface area (Å²) < 4.78 is 2.33. The number of halogens is 2. The van der Waals surface area contributed by atoms with Gasteiger partial charge < -0.3 is 0 Å². The highest BCUT2D eigenvalue weighted by atomic mass is 79.9. The van der Waals surface area contributed by atoms with E-state index in [1.165, 1.54) is 6.20 Å². The van der Waals surface area contributed by atoms with E-state index in [4.69, 9.17) is 16.9 Å². The van der Waals surface area contributed by atoms with Crippen LogP contribution in [0.3, 0.4) is 0 Å². The second-order valence-corrected chi connectivity index (χ2v) is 4.38. The fraction of sp³-hybridized carbons (Fsp3) is 0.100. The fourth-order valence-corrected chi connectivity index (χ4v) is 2.04. The third-order valence-electron chi connectivity index (χ3n) is 2.01. The molecule has 2 rings (SSSR count). The Morgan fingerprint density at radius 1 is 1.50 bits per heavy atom. The van der Waals surface area contributed by atoms with Gasteiger partial charge in [-0.2, -0.15) is 10.4 Å². The lowest BCUT2D eigenvalue weighted by Crippen LogP contribution is -2.02. The van der Waals surface area contributed by atoms with Crippen molar-refractivity contribution in [3.63, 3.8) is 0 Å². The number of hydrogen-bond donors (Lipinski definition) is 0. The molecule has 0 spiro atoms. The van der Waals surface area contributed by atoms with E-state index in [-0.39, 0.29) is 0 Å². The maximum Gasteiger partial charge on any atom is 0.172 e. The molecule has 0 unspecified atom stereocenters. The Hall–Kier alpha value is -1.38. The molecule has 4 nitrogen and oxygen atoms in total. The van der Waals surface area contributed by atoms with Crippen LogP contribution in [0.2, 0.25) is 5.02 Å². The highest BCUT2D eigenvalue weighted by Gasteiger charge is 2.10. The molecule has 0 aromatic carbocycles. The van der Waals surface area contributed by atoms with E-state index in [1.54, 1.807) is 10.7 Å². The Balaban J connectivity index is 2.57. The van der Waals surface area contributed by atoms with Crippen LogP contribution < -0.4 is 0 Å². The van der Waals surface area contributed by atoms with Crippen LogP contribution in [0.1, 0.15) is 11.3 Å². The summed E-state index contributed by atoms with van der Waals surface area (Å²) in [5, 5.41) is 13.3. The number of aromatic nitrogens is 3. The van der Waals surface area contributed by atoms with Gasteiger partial charge in [-0.15, -0.1) is 0 Å². The van der Waals surface area contributed by atoms with Crippen molar-refractivity contribution < 1.29 is 0 Å². The Kier molecular flexibility index (Phi) is 2.95. The van der Waals surface area contributed by atoms with Crippen LogP contribution in [-0.4, -0.2) is 14.8 Å². The van der Waals surface area contributed by atoms with E-state index in [9.17, 15) is 0 Å². The van der Waals surface area contributed by atoms with Crippen molar-refractivity contribution in [2.75, 3.05) is 0 Å². The largest absolute Gasteiger partial charge is 0.234 e. The summed E-state index contributed by atoms with van der Waals surface area (Å²) in [5.41, 5.74) is 1.34. The van der Waals surface area contributed by atoms with Crippen molar-refractivity contribution >= 4 is 27.5 Å². The van der Waals surface area contributed by atoms with E-state index in [1.807, 2.05) is 19.1 Å². The summed E-state index contributed by atoms with van der Waals surface area (Å²) in [7, 11) is 0. The van der Waals surface area contributed by atoms with E-state index in [0.717, 1.165) is 5.69 Å². The molecule has 0 N–H and O–H groups in total. The second-order valence-electron chi connectivity index (χ2n) is 3.16. The number of nitrogens with zero attached hydrogens (tertiary/aromatic N) is 4. The van der Waals surface area contributed by atoms with Gasteiger partial charge in [-0.3, -0.25) is 0 Å². The lowest BCUT2D eigenvalue weighted by Gasteiger charge is -2.04. The molecule has 0 atom stereocenters. The number of hydrogen-bond acceptors (Lipinski definition) is 3. The molecule has 2 heterocycles. The van der Waals surface area contributed by atoms with Crippen molar-refractivity contribution in [1.82, 2.24) is 14.8 Å². The number of rotatable bonds is 1. The van der Waals surface area contributed by atoms with Crippen LogP contribution in [0.15, 0.2) is 22.9 Å². The number of pyridine rings is 1. The fourth-order valence-electron chi connectivity index (χ4n) is 1.30. The van der Waals surface area contributed by atoms with Gasteiger partial charge in [0.2, 0.25) is 0 Å². The van der Waals surface area contributed by atoms with Gasteiger partial charge >= 0.3 is 0 Å². The second kappa shape index (κ2) is 4.24. The first kappa shape index (κ1) is 11.1. The molecule has 0 amide bonds. The molecule has 0 aliphatic heterocycles. The maximum atomic E-state index is 8.70. The van der Waals surface area contributed by atoms with Gasteiger partial charge in [0.05, 0.1) is 10.6 Å². The van der Waals surface area contributed by atoms with E-state index < -0.39 is 0 Å². The van der Waals surface area contributed by atoms with Gasteiger partial charge in [0.15, 0.2) is 5.82 Å². The van der Waals surface area contributed by atoms with Gasteiger partial charge in [0, 0.05) is 11.9 Å². The van der Waals surface area contributed by atoms with Crippen LogP contribution >= 0.6 is 27.5 Å². The molecule has 0 fully saturated rings. The standard InChI is InChI=1S/C10H6BrClN4/c1-6-2-9(11)15-16(6)10-8(12)3-7(4-13)5-14-10/h2-3,5H,1H3. The minimum atomic E-state index is 0.401. The zero-order chi connectivity index (χ0) is 11.7. The van der Waals surface area contributed by atoms with Crippen molar-refractivity contribution in [1.29, 1.82) is 5.26 Å². The summed E-state index contributed by atoms with van der Waals surface area (Å²) in [6, 6.07) is 5.41. The van der Waals surface area contributed by atoms with Crippen LogP contribution in [0.4, 0.5) is 0 Å².